The van der Waals surface area contributed by atoms with Crippen LogP contribution in [0.3, 0.4) is 0 Å². The first-order valence-electron chi connectivity index (χ1n) is 5.48. The van der Waals surface area contributed by atoms with E-state index >= 15 is 0 Å². The lowest BCUT2D eigenvalue weighted by Crippen LogP contribution is -2.48. The van der Waals surface area contributed by atoms with Gasteiger partial charge in [0.1, 0.15) is 6.10 Å². The Bertz CT molecular complexity index is 289. The molecule has 4 unspecified atom stereocenters. The average Bonchev–Trinajstić information content (AvgIpc) is 2.89. The van der Waals surface area contributed by atoms with Gasteiger partial charge in [0.05, 0.1) is 12.7 Å². The van der Waals surface area contributed by atoms with Gasteiger partial charge in [0.15, 0.2) is 6.29 Å². The van der Waals surface area contributed by atoms with Crippen LogP contribution in [0.1, 0.15) is 6.42 Å². The fourth-order valence-corrected chi connectivity index (χ4v) is 3.91. The van der Waals surface area contributed by atoms with Crippen LogP contribution in [0.25, 0.3) is 0 Å². The number of allylic oxidation sites excluding steroid dienone is 2. The minimum atomic E-state index is -0.404. The molecule has 2 aliphatic carbocycles. The summed E-state index contributed by atoms with van der Waals surface area (Å²) in [7, 11) is 0. The van der Waals surface area contributed by atoms with Crippen LogP contribution in [0.5, 0.6) is 0 Å². The summed E-state index contributed by atoms with van der Waals surface area (Å²) in [4.78, 5) is 0. The van der Waals surface area contributed by atoms with Crippen LogP contribution in [-0.2, 0) is 9.47 Å². The highest BCUT2D eigenvalue weighted by molar-refractivity contribution is 5.18. The molecule has 0 radical (unpaired) electrons. The molecule has 4 rings (SSSR count). The minimum absolute atomic E-state index is 0.244. The lowest BCUT2D eigenvalue weighted by atomic mass is 9.75. The van der Waals surface area contributed by atoms with Crippen LogP contribution in [-0.4, -0.2) is 30.2 Å². The lowest BCUT2D eigenvalue weighted by Gasteiger charge is -2.39. The van der Waals surface area contributed by atoms with Crippen LogP contribution in [0, 0.1) is 23.7 Å². The summed E-state index contributed by atoms with van der Waals surface area (Å²) < 4.78 is 11.1. The topological polar surface area (TPSA) is 38.7 Å². The summed E-state index contributed by atoms with van der Waals surface area (Å²) in [6.45, 7) is 0.681. The summed E-state index contributed by atoms with van der Waals surface area (Å²) in [5.41, 5.74) is 0. The highest BCUT2D eigenvalue weighted by atomic mass is 16.7. The summed E-state index contributed by atoms with van der Waals surface area (Å²) in [5, 5.41) is 10.1. The second-order valence-electron chi connectivity index (χ2n) is 4.97. The maximum Gasteiger partial charge on any atom is 0.184 e. The first-order chi connectivity index (χ1) is 6.84. The van der Waals surface area contributed by atoms with Crippen molar-refractivity contribution in [1.29, 1.82) is 0 Å². The van der Waals surface area contributed by atoms with Gasteiger partial charge in [-0.25, -0.2) is 0 Å². The van der Waals surface area contributed by atoms with Gasteiger partial charge in [0.25, 0.3) is 0 Å². The molecule has 3 heteroatoms. The summed E-state index contributed by atoms with van der Waals surface area (Å²) in [6, 6.07) is 0. The van der Waals surface area contributed by atoms with Gasteiger partial charge in [-0.15, -0.1) is 0 Å². The quantitative estimate of drug-likeness (QED) is 0.572. The van der Waals surface area contributed by atoms with E-state index in [2.05, 4.69) is 12.2 Å². The normalized spacial score (nSPS) is 63.4. The second-order valence-corrected chi connectivity index (χ2v) is 4.97. The highest BCUT2D eigenvalue weighted by Crippen LogP contribution is 2.55. The molecule has 1 N–H and O–H groups in total. The van der Waals surface area contributed by atoms with E-state index in [1.54, 1.807) is 0 Å². The van der Waals surface area contributed by atoms with Gasteiger partial charge in [0, 0.05) is 5.92 Å². The molecule has 4 aliphatic rings. The molecular formula is C11H14O3. The predicted molar refractivity (Wildman–Crippen MR) is 48.3 cm³/mol. The van der Waals surface area contributed by atoms with E-state index in [1.807, 2.05) is 0 Å². The molecule has 0 spiro atoms. The van der Waals surface area contributed by atoms with Crippen LogP contribution in [0.15, 0.2) is 12.2 Å². The Kier molecular flexibility index (Phi) is 1.35. The van der Waals surface area contributed by atoms with Crippen molar-refractivity contribution >= 4 is 0 Å². The fourth-order valence-electron chi connectivity index (χ4n) is 3.91. The van der Waals surface area contributed by atoms with Crippen molar-refractivity contribution < 1.29 is 14.6 Å². The molecule has 3 nitrogen and oxygen atoms in total. The largest absolute Gasteiger partial charge is 0.388 e. The molecule has 3 fully saturated rings. The molecule has 76 valence electrons. The maximum atomic E-state index is 10.1. The van der Waals surface area contributed by atoms with Crippen molar-refractivity contribution in [3.8, 4) is 0 Å². The zero-order valence-electron chi connectivity index (χ0n) is 7.87. The third-order valence-corrected chi connectivity index (χ3v) is 4.42. The Hall–Kier alpha value is -0.380. The number of aliphatic hydroxyl groups is 1. The molecule has 2 heterocycles. The SMILES string of the molecule is O[C@H]1C2OCC(O2)C2C1[C@@H]1C=C[C@H]2C1. The Morgan fingerprint density at radius 1 is 1.14 bits per heavy atom. The zero-order chi connectivity index (χ0) is 9.28. The number of hydrogen-bond acceptors (Lipinski definition) is 3. The predicted octanol–water partition coefficient (Wildman–Crippen LogP) is 0.541. The van der Waals surface area contributed by atoms with Crippen LogP contribution >= 0.6 is 0 Å². The summed E-state index contributed by atoms with van der Waals surface area (Å²) in [5.74, 6) is 2.12. The van der Waals surface area contributed by atoms with Crippen molar-refractivity contribution in [3.63, 3.8) is 0 Å². The van der Waals surface area contributed by atoms with Crippen molar-refractivity contribution in [3.05, 3.63) is 12.2 Å². The maximum absolute atomic E-state index is 10.1. The van der Waals surface area contributed by atoms with Gasteiger partial charge in [-0.3, -0.25) is 0 Å². The smallest absolute Gasteiger partial charge is 0.184 e. The van der Waals surface area contributed by atoms with Crippen molar-refractivity contribution in [2.24, 2.45) is 23.7 Å². The molecule has 2 aliphatic heterocycles. The zero-order valence-corrected chi connectivity index (χ0v) is 7.87. The van der Waals surface area contributed by atoms with E-state index in [0.29, 0.717) is 30.3 Å². The first-order valence-corrected chi connectivity index (χ1v) is 5.48. The number of fused-ring (bicyclic) bond motifs is 8. The number of ether oxygens (including phenoxy) is 2. The van der Waals surface area contributed by atoms with E-state index in [1.165, 1.54) is 6.42 Å². The van der Waals surface area contributed by atoms with Gasteiger partial charge < -0.3 is 14.6 Å². The molecule has 14 heavy (non-hydrogen) atoms. The van der Waals surface area contributed by atoms with Crippen LogP contribution < -0.4 is 0 Å². The standard InChI is InChI=1S/C11H14O3/c12-10-9-6-2-1-5(3-6)8(9)7-4-13-11(10)14-7/h1-2,5-12H,3-4H2/t5-,6+,7?,8?,9?,10+,11?/m0/s1. The van der Waals surface area contributed by atoms with Crippen molar-refractivity contribution in [2.45, 2.75) is 24.9 Å². The molecule has 4 bridgehead atoms. The highest BCUT2D eigenvalue weighted by Gasteiger charge is 2.59. The van der Waals surface area contributed by atoms with Gasteiger partial charge >= 0.3 is 0 Å². The van der Waals surface area contributed by atoms with E-state index in [0.717, 1.165) is 0 Å². The van der Waals surface area contributed by atoms with Gasteiger partial charge in [0.2, 0.25) is 0 Å². The third-order valence-electron chi connectivity index (χ3n) is 4.42. The Morgan fingerprint density at radius 3 is 2.79 bits per heavy atom. The molecule has 0 aromatic rings. The molecule has 0 aromatic carbocycles. The Labute approximate surface area is 82.7 Å². The molecule has 1 saturated carbocycles. The Balaban J connectivity index is 1.78. The van der Waals surface area contributed by atoms with Gasteiger partial charge in [-0.2, -0.15) is 0 Å². The van der Waals surface area contributed by atoms with Crippen LogP contribution in [0.2, 0.25) is 0 Å². The second kappa shape index (κ2) is 2.40. The third kappa shape index (κ3) is 0.757. The molecule has 2 saturated heterocycles. The van der Waals surface area contributed by atoms with E-state index < -0.39 is 6.10 Å². The molecule has 0 aromatic heterocycles. The lowest BCUT2D eigenvalue weighted by molar-refractivity contribution is -0.195. The molecular weight excluding hydrogens is 180 g/mol. The number of rotatable bonds is 0. The summed E-state index contributed by atoms with van der Waals surface area (Å²) >= 11 is 0. The van der Waals surface area contributed by atoms with E-state index in [4.69, 9.17) is 9.47 Å². The fraction of sp³-hybridized carbons (Fsp3) is 0.818. The van der Waals surface area contributed by atoms with Gasteiger partial charge in [-0.05, 0) is 24.2 Å². The van der Waals surface area contributed by atoms with E-state index in [-0.39, 0.29) is 12.4 Å². The number of aliphatic hydroxyl groups excluding tert-OH is 1. The molecule has 7 atom stereocenters. The van der Waals surface area contributed by atoms with Crippen molar-refractivity contribution in [1.82, 2.24) is 0 Å². The summed E-state index contributed by atoms with van der Waals surface area (Å²) in [6.07, 6.45) is 5.31. The van der Waals surface area contributed by atoms with Crippen LogP contribution in [0.4, 0.5) is 0 Å². The van der Waals surface area contributed by atoms with Gasteiger partial charge in [-0.1, -0.05) is 12.2 Å². The Morgan fingerprint density at radius 2 is 1.93 bits per heavy atom. The van der Waals surface area contributed by atoms with E-state index in [9.17, 15) is 5.11 Å². The minimum Gasteiger partial charge on any atom is -0.388 e. The van der Waals surface area contributed by atoms with Crippen molar-refractivity contribution in [2.75, 3.05) is 6.61 Å². The first kappa shape index (κ1) is 7.85. The monoisotopic (exact) mass is 194 g/mol. The molecule has 0 amide bonds. The number of hydrogen-bond donors (Lipinski definition) is 1. The average molecular weight is 194 g/mol.